The van der Waals surface area contributed by atoms with E-state index in [4.69, 9.17) is 23.2 Å². The SMILES string of the molecule is CC(C)N[C@@H]1C2CCC(CC2)[C@]1(O)c1ccc(Cl)c(Cl)c1. The Kier molecular flexibility index (Phi) is 4.26. The first-order valence-electron chi connectivity index (χ1n) is 7.87. The quantitative estimate of drug-likeness (QED) is 0.864. The van der Waals surface area contributed by atoms with Crippen LogP contribution in [-0.4, -0.2) is 17.2 Å². The Bertz CT molecular complexity index is 526. The summed E-state index contributed by atoms with van der Waals surface area (Å²) in [6, 6.07) is 6.03. The molecule has 0 aliphatic heterocycles. The Morgan fingerprint density at radius 1 is 1.14 bits per heavy atom. The van der Waals surface area contributed by atoms with Crippen molar-refractivity contribution in [1.29, 1.82) is 0 Å². The van der Waals surface area contributed by atoms with Crippen LogP contribution in [0.4, 0.5) is 0 Å². The van der Waals surface area contributed by atoms with Crippen LogP contribution in [-0.2, 0) is 5.60 Å². The standard InChI is InChI=1S/C17H23Cl2NO/c1-10(2)20-16-11-3-5-12(6-4-11)17(16,21)13-7-8-14(18)15(19)9-13/h7-12,16,20-21H,3-6H2,1-2H3/t11?,12?,16-,17+/m1/s1. The smallest absolute Gasteiger partial charge is 0.108 e. The molecule has 4 rings (SSSR count). The number of nitrogens with one attached hydrogen (secondary N) is 1. The molecule has 21 heavy (non-hydrogen) atoms. The maximum absolute atomic E-state index is 11.6. The highest BCUT2D eigenvalue weighted by Gasteiger charge is 2.54. The summed E-state index contributed by atoms with van der Waals surface area (Å²) < 4.78 is 0. The van der Waals surface area contributed by atoms with E-state index in [1.807, 2.05) is 12.1 Å². The molecule has 2 nitrogen and oxygen atoms in total. The number of halogens is 2. The highest BCUT2D eigenvalue weighted by molar-refractivity contribution is 6.42. The van der Waals surface area contributed by atoms with Crippen LogP contribution in [0.25, 0.3) is 0 Å². The molecule has 0 saturated heterocycles. The molecule has 4 heteroatoms. The summed E-state index contributed by atoms with van der Waals surface area (Å²) in [5, 5.41) is 16.3. The van der Waals surface area contributed by atoms with Crippen molar-refractivity contribution in [2.45, 2.75) is 57.2 Å². The lowest BCUT2D eigenvalue weighted by Crippen LogP contribution is -2.63. The zero-order valence-electron chi connectivity index (χ0n) is 12.6. The lowest BCUT2D eigenvalue weighted by molar-refractivity contribution is -0.134. The van der Waals surface area contributed by atoms with Crippen molar-refractivity contribution >= 4 is 23.2 Å². The maximum Gasteiger partial charge on any atom is 0.108 e. The van der Waals surface area contributed by atoms with Gasteiger partial charge < -0.3 is 10.4 Å². The number of benzene rings is 1. The molecule has 2 bridgehead atoms. The number of hydrogen-bond donors (Lipinski definition) is 2. The van der Waals surface area contributed by atoms with Crippen LogP contribution in [0.2, 0.25) is 10.0 Å². The summed E-state index contributed by atoms with van der Waals surface area (Å²) in [6.45, 7) is 4.27. The predicted octanol–water partition coefficient (Wildman–Crippen LogP) is 4.37. The summed E-state index contributed by atoms with van der Waals surface area (Å²) in [5.41, 5.74) is 0.0732. The highest BCUT2D eigenvalue weighted by atomic mass is 35.5. The molecule has 0 heterocycles. The summed E-state index contributed by atoms with van der Waals surface area (Å²) in [4.78, 5) is 0. The topological polar surface area (TPSA) is 32.3 Å². The summed E-state index contributed by atoms with van der Waals surface area (Å²) >= 11 is 12.2. The normalized spacial score (nSPS) is 35.4. The molecule has 3 aliphatic carbocycles. The first-order chi connectivity index (χ1) is 9.92. The fourth-order valence-electron chi connectivity index (χ4n) is 4.29. The van der Waals surface area contributed by atoms with Crippen molar-refractivity contribution in [2.75, 3.05) is 0 Å². The van der Waals surface area contributed by atoms with Gasteiger partial charge in [0.15, 0.2) is 0 Å². The number of hydrogen-bond acceptors (Lipinski definition) is 2. The van der Waals surface area contributed by atoms with E-state index in [2.05, 4.69) is 19.2 Å². The Morgan fingerprint density at radius 3 is 2.38 bits per heavy atom. The molecule has 3 saturated carbocycles. The average molecular weight is 328 g/mol. The van der Waals surface area contributed by atoms with E-state index >= 15 is 0 Å². The van der Waals surface area contributed by atoms with E-state index in [0.29, 0.717) is 27.9 Å². The minimum absolute atomic E-state index is 0.0993. The summed E-state index contributed by atoms with van der Waals surface area (Å²) in [5.74, 6) is 0.841. The second-order valence-electron chi connectivity index (χ2n) is 6.86. The Hall–Kier alpha value is -0.280. The number of fused-ring (bicyclic) bond motifs is 3. The predicted molar refractivity (Wildman–Crippen MR) is 87.9 cm³/mol. The van der Waals surface area contributed by atoms with Gasteiger partial charge in [-0.1, -0.05) is 43.1 Å². The van der Waals surface area contributed by atoms with E-state index in [0.717, 1.165) is 18.4 Å². The van der Waals surface area contributed by atoms with Gasteiger partial charge in [0.05, 0.1) is 10.0 Å². The van der Waals surface area contributed by atoms with Crippen LogP contribution in [0, 0.1) is 11.8 Å². The van der Waals surface area contributed by atoms with Crippen LogP contribution in [0.3, 0.4) is 0 Å². The summed E-state index contributed by atoms with van der Waals surface area (Å²) in [7, 11) is 0. The molecule has 1 aromatic rings. The minimum atomic E-state index is -0.834. The van der Waals surface area contributed by atoms with Gasteiger partial charge in [-0.3, -0.25) is 0 Å². The molecule has 0 spiro atoms. The third-order valence-electron chi connectivity index (χ3n) is 5.23. The van der Waals surface area contributed by atoms with Crippen LogP contribution in [0.15, 0.2) is 18.2 Å². The van der Waals surface area contributed by atoms with Gasteiger partial charge in [0, 0.05) is 12.1 Å². The third-order valence-corrected chi connectivity index (χ3v) is 5.97. The molecule has 116 valence electrons. The van der Waals surface area contributed by atoms with E-state index in [9.17, 15) is 5.11 Å². The fourth-order valence-corrected chi connectivity index (χ4v) is 4.59. The largest absolute Gasteiger partial charge is 0.383 e. The van der Waals surface area contributed by atoms with E-state index in [1.54, 1.807) is 6.07 Å². The molecule has 2 atom stereocenters. The van der Waals surface area contributed by atoms with Gasteiger partial charge in [0.25, 0.3) is 0 Å². The maximum atomic E-state index is 11.6. The van der Waals surface area contributed by atoms with Crippen LogP contribution in [0.1, 0.15) is 45.1 Å². The molecule has 1 aromatic carbocycles. The Balaban J connectivity index is 2.03. The van der Waals surface area contributed by atoms with Gasteiger partial charge in [-0.25, -0.2) is 0 Å². The lowest BCUT2D eigenvalue weighted by atomic mass is 9.57. The van der Waals surface area contributed by atoms with Gasteiger partial charge in [-0.2, -0.15) is 0 Å². The lowest BCUT2D eigenvalue weighted by Gasteiger charge is -2.55. The van der Waals surface area contributed by atoms with Crippen LogP contribution in [0.5, 0.6) is 0 Å². The summed E-state index contributed by atoms with van der Waals surface area (Å²) in [6.07, 6.45) is 4.60. The van der Waals surface area contributed by atoms with Gasteiger partial charge in [0.2, 0.25) is 0 Å². The molecule has 0 aromatic heterocycles. The molecule has 3 aliphatic rings. The molecule has 0 radical (unpaired) electrons. The van der Waals surface area contributed by atoms with Gasteiger partial charge in [0.1, 0.15) is 5.60 Å². The first-order valence-corrected chi connectivity index (χ1v) is 8.62. The first kappa shape index (κ1) is 15.6. The van der Waals surface area contributed by atoms with Gasteiger partial charge >= 0.3 is 0 Å². The second kappa shape index (κ2) is 5.73. The van der Waals surface area contributed by atoms with Crippen molar-refractivity contribution in [1.82, 2.24) is 5.32 Å². The number of aliphatic hydroxyl groups is 1. The van der Waals surface area contributed by atoms with Gasteiger partial charge in [-0.15, -0.1) is 0 Å². The van der Waals surface area contributed by atoms with E-state index in [-0.39, 0.29) is 6.04 Å². The van der Waals surface area contributed by atoms with Crippen molar-refractivity contribution < 1.29 is 5.11 Å². The molecule has 2 N–H and O–H groups in total. The Morgan fingerprint density at radius 2 is 1.81 bits per heavy atom. The van der Waals surface area contributed by atoms with E-state index in [1.165, 1.54) is 12.8 Å². The molecule has 0 amide bonds. The monoisotopic (exact) mass is 327 g/mol. The Labute approximate surface area is 136 Å². The zero-order chi connectivity index (χ0) is 15.2. The van der Waals surface area contributed by atoms with Crippen molar-refractivity contribution in [3.63, 3.8) is 0 Å². The third kappa shape index (κ3) is 2.61. The fraction of sp³-hybridized carbons (Fsp3) is 0.647. The second-order valence-corrected chi connectivity index (χ2v) is 7.68. The van der Waals surface area contributed by atoms with Crippen LogP contribution < -0.4 is 5.32 Å². The van der Waals surface area contributed by atoms with E-state index < -0.39 is 5.60 Å². The van der Waals surface area contributed by atoms with Crippen molar-refractivity contribution in [3.05, 3.63) is 33.8 Å². The molecular formula is C17H23Cl2NO. The van der Waals surface area contributed by atoms with Crippen molar-refractivity contribution in [2.24, 2.45) is 11.8 Å². The van der Waals surface area contributed by atoms with Crippen LogP contribution >= 0.6 is 23.2 Å². The van der Waals surface area contributed by atoms with Crippen molar-refractivity contribution in [3.8, 4) is 0 Å². The average Bonchev–Trinajstić information content (AvgIpc) is 2.46. The minimum Gasteiger partial charge on any atom is -0.383 e. The zero-order valence-corrected chi connectivity index (χ0v) is 14.1. The number of rotatable bonds is 3. The molecule has 3 fully saturated rings. The van der Waals surface area contributed by atoms with Gasteiger partial charge in [-0.05, 0) is 55.2 Å². The highest BCUT2D eigenvalue weighted by Crippen LogP contribution is 2.53. The molecule has 0 unspecified atom stereocenters. The molecular weight excluding hydrogens is 305 g/mol.